The number of quaternary nitrogens is 1. The van der Waals surface area contributed by atoms with Gasteiger partial charge in [0, 0.05) is 27.3 Å². The fraction of sp³-hybridized carbons (Fsp3) is 0.286. The molecule has 2 aromatic carbocycles. The van der Waals surface area contributed by atoms with E-state index in [1.165, 1.54) is 4.90 Å². The zero-order valence-electron chi connectivity index (χ0n) is 14.9. The number of benzene rings is 2. The maximum Gasteiger partial charge on any atom is 0.219 e. The number of anilines is 1. The van der Waals surface area contributed by atoms with Crippen molar-refractivity contribution in [3.8, 4) is 0 Å². The number of hydrogen-bond donors (Lipinski definition) is 2. The van der Waals surface area contributed by atoms with E-state index in [-0.39, 0.29) is 5.78 Å². The SMILES string of the molecule is Cc1[nH]c2ccccc2c1C(=O)C[NH+]1CCN(c2cccc(Cl)c2)CC1. The van der Waals surface area contributed by atoms with E-state index in [0.717, 1.165) is 59.0 Å². The number of rotatable bonds is 4. The number of para-hydroxylation sites is 1. The maximum absolute atomic E-state index is 12.9. The van der Waals surface area contributed by atoms with Crippen LogP contribution in [-0.4, -0.2) is 43.5 Å². The third-order valence-corrected chi connectivity index (χ3v) is 5.46. The van der Waals surface area contributed by atoms with Crippen LogP contribution in [0.3, 0.4) is 0 Å². The highest BCUT2D eigenvalue weighted by Gasteiger charge is 2.25. The number of ketones is 1. The summed E-state index contributed by atoms with van der Waals surface area (Å²) in [6, 6.07) is 16.0. The molecule has 1 aliphatic heterocycles. The Labute approximate surface area is 158 Å². The molecular formula is C21H23ClN3O+. The van der Waals surface area contributed by atoms with Crippen molar-refractivity contribution < 1.29 is 9.69 Å². The van der Waals surface area contributed by atoms with Crippen LogP contribution in [0.15, 0.2) is 48.5 Å². The summed E-state index contributed by atoms with van der Waals surface area (Å²) in [6.07, 6.45) is 0. The Hall–Kier alpha value is -2.30. The molecule has 1 aliphatic rings. The lowest BCUT2D eigenvalue weighted by molar-refractivity contribution is -0.892. The van der Waals surface area contributed by atoms with E-state index in [1.807, 2.05) is 49.4 Å². The fourth-order valence-corrected chi connectivity index (χ4v) is 4.07. The van der Waals surface area contributed by atoms with Crippen LogP contribution in [0.5, 0.6) is 0 Å². The normalized spacial score (nSPS) is 15.5. The van der Waals surface area contributed by atoms with Gasteiger partial charge in [0.25, 0.3) is 0 Å². The van der Waals surface area contributed by atoms with Crippen molar-refractivity contribution >= 4 is 34.0 Å². The van der Waals surface area contributed by atoms with Crippen molar-refractivity contribution in [2.45, 2.75) is 6.92 Å². The number of carbonyl (C=O) groups excluding carboxylic acids is 1. The van der Waals surface area contributed by atoms with Crippen LogP contribution in [0.25, 0.3) is 10.9 Å². The second-order valence-electron chi connectivity index (χ2n) is 6.99. The monoisotopic (exact) mass is 368 g/mol. The molecule has 4 nitrogen and oxygen atoms in total. The number of hydrogen-bond acceptors (Lipinski definition) is 2. The van der Waals surface area contributed by atoms with E-state index >= 15 is 0 Å². The molecule has 0 amide bonds. The van der Waals surface area contributed by atoms with E-state index in [1.54, 1.807) is 0 Å². The Morgan fingerprint density at radius 2 is 1.92 bits per heavy atom. The number of fused-ring (bicyclic) bond motifs is 1. The van der Waals surface area contributed by atoms with Gasteiger partial charge in [-0.2, -0.15) is 0 Å². The predicted octanol–water partition coefficient (Wildman–Crippen LogP) is 2.72. The lowest BCUT2D eigenvalue weighted by Crippen LogP contribution is -3.15. The van der Waals surface area contributed by atoms with Gasteiger partial charge in [-0.3, -0.25) is 4.79 Å². The number of Topliss-reactive ketones (excluding diaryl/α,β-unsaturated/α-hetero) is 1. The molecule has 5 heteroatoms. The second-order valence-corrected chi connectivity index (χ2v) is 7.42. The lowest BCUT2D eigenvalue weighted by atomic mass is 10.1. The predicted molar refractivity (Wildman–Crippen MR) is 107 cm³/mol. The zero-order valence-corrected chi connectivity index (χ0v) is 15.6. The second kappa shape index (κ2) is 7.14. The van der Waals surface area contributed by atoms with Gasteiger partial charge in [-0.25, -0.2) is 0 Å². The van der Waals surface area contributed by atoms with Crippen LogP contribution in [-0.2, 0) is 0 Å². The van der Waals surface area contributed by atoms with Gasteiger partial charge in [-0.15, -0.1) is 0 Å². The fourth-order valence-electron chi connectivity index (χ4n) is 3.88. The van der Waals surface area contributed by atoms with E-state index in [4.69, 9.17) is 11.6 Å². The number of nitrogens with zero attached hydrogens (tertiary/aromatic N) is 1. The highest BCUT2D eigenvalue weighted by Crippen LogP contribution is 2.22. The van der Waals surface area contributed by atoms with E-state index in [9.17, 15) is 4.79 Å². The number of piperazine rings is 1. The molecule has 134 valence electrons. The summed E-state index contributed by atoms with van der Waals surface area (Å²) in [6.45, 7) is 6.33. The van der Waals surface area contributed by atoms with E-state index < -0.39 is 0 Å². The van der Waals surface area contributed by atoms with Gasteiger partial charge in [-0.05, 0) is 31.2 Å². The van der Waals surface area contributed by atoms with Crippen molar-refractivity contribution in [1.29, 1.82) is 0 Å². The summed E-state index contributed by atoms with van der Waals surface area (Å²) in [7, 11) is 0. The number of aromatic amines is 1. The number of halogens is 1. The lowest BCUT2D eigenvalue weighted by Gasteiger charge is -2.33. The van der Waals surface area contributed by atoms with Gasteiger partial charge < -0.3 is 14.8 Å². The van der Waals surface area contributed by atoms with Gasteiger partial charge in [0.15, 0.2) is 0 Å². The summed E-state index contributed by atoms with van der Waals surface area (Å²) >= 11 is 6.10. The number of nitrogens with one attached hydrogen (secondary N) is 2. The molecule has 3 aromatic rings. The minimum Gasteiger partial charge on any atom is -0.360 e. The van der Waals surface area contributed by atoms with Crippen LogP contribution in [0, 0.1) is 6.92 Å². The summed E-state index contributed by atoms with van der Waals surface area (Å²) in [5.41, 5.74) is 4.02. The molecule has 0 bridgehead atoms. The molecule has 0 aliphatic carbocycles. The maximum atomic E-state index is 12.9. The highest BCUT2D eigenvalue weighted by atomic mass is 35.5. The van der Waals surface area contributed by atoms with Crippen molar-refractivity contribution in [3.05, 3.63) is 64.8 Å². The van der Waals surface area contributed by atoms with Crippen LogP contribution in [0.4, 0.5) is 5.69 Å². The topological polar surface area (TPSA) is 40.5 Å². The van der Waals surface area contributed by atoms with Crippen LogP contribution < -0.4 is 9.80 Å². The molecule has 2 N–H and O–H groups in total. The van der Waals surface area contributed by atoms with Gasteiger partial charge in [0.1, 0.15) is 6.54 Å². The Morgan fingerprint density at radius 1 is 1.15 bits per heavy atom. The standard InChI is InChI=1S/C21H22ClN3O/c1-15-21(18-7-2-3-8-19(18)23-15)20(26)14-24-9-11-25(12-10-24)17-6-4-5-16(22)13-17/h2-8,13,23H,9-12,14H2,1H3/p+1. The Balaban J connectivity index is 1.42. The van der Waals surface area contributed by atoms with E-state index in [2.05, 4.69) is 16.0 Å². The molecule has 0 saturated carbocycles. The average Bonchev–Trinajstić information content (AvgIpc) is 2.98. The molecule has 1 aromatic heterocycles. The Bertz CT molecular complexity index is 941. The molecule has 4 rings (SSSR count). The van der Waals surface area contributed by atoms with Crippen molar-refractivity contribution in [2.24, 2.45) is 0 Å². The first-order valence-corrected chi connectivity index (χ1v) is 9.44. The largest absolute Gasteiger partial charge is 0.360 e. The van der Waals surface area contributed by atoms with E-state index in [0.29, 0.717) is 6.54 Å². The molecule has 1 fully saturated rings. The minimum absolute atomic E-state index is 0.228. The minimum atomic E-state index is 0.228. The van der Waals surface area contributed by atoms with Crippen LogP contribution >= 0.6 is 11.6 Å². The first-order valence-electron chi connectivity index (χ1n) is 9.06. The molecule has 26 heavy (non-hydrogen) atoms. The number of H-pyrrole nitrogens is 1. The molecular weight excluding hydrogens is 346 g/mol. The molecule has 0 atom stereocenters. The number of aromatic nitrogens is 1. The number of carbonyl (C=O) groups is 1. The number of aryl methyl sites for hydroxylation is 1. The summed E-state index contributed by atoms with van der Waals surface area (Å²) in [5, 5.41) is 1.80. The molecule has 2 heterocycles. The summed E-state index contributed by atoms with van der Waals surface area (Å²) < 4.78 is 0. The average molecular weight is 369 g/mol. The first kappa shape index (κ1) is 17.1. The Morgan fingerprint density at radius 3 is 2.69 bits per heavy atom. The van der Waals surface area contributed by atoms with Gasteiger partial charge >= 0.3 is 0 Å². The smallest absolute Gasteiger partial charge is 0.219 e. The molecule has 0 radical (unpaired) electrons. The Kier molecular flexibility index (Phi) is 4.70. The van der Waals surface area contributed by atoms with Gasteiger partial charge in [0.05, 0.1) is 31.7 Å². The zero-order chi connectivity index (χ0) is 18.1. The third-order valence-electron chi connectivity index (χ3n) is 5.23. The van der Waals surface area contributed by atoms with Crippen molar-refractivity contribution in [1.82, 2.24) is 4.98 Å². The molecule has 0 unspecified atom stereocenters. The van der Waals surface area contributed by atoms with Crippen molar-refractivity contribution in [3.63, 3.8) is 0 Å². The summed E-state index contributed by atoms with van der Waals surface area (Å²) in [4.78, 5) is 20.0. The highest BCUT2D eigenvalue weighted by molar-refractivity contribution is 6.30. The first-order chi connectivity index (χ1) is 12.6. The van der Waals surface area contributed by atoms with Crippen molar-refractivity contribution in [2.75, 3.05) is 37.6 Å². The van der Waals surface area contributed by atoms with Crippen LogP contribution in [0.1, 0.15) is 16.1 Å². The van der Waals surface area contributed by atoms with Gasteiger partial charge in [0.2, 0.25) is 5.78 Å². The van der Waals surface area contributed by atoms with Crippen LogP contribution in [0.2, 0.25) is 5.02 Å². The summed E-state index contributed by atoms with van der Waals surface area (Å²) in [5.74, 6) is 0.228. The third kappa shape index (κ3) is 3.35. The molecule has 0 spiro atoms. The quantitative estimate of drug-likeness (QED) is 0.695. The van der Waals surface area contributed by atoms with Gasteiger partial charge in [-0.1, -0.05) is 35.9 Å². The molecule has 1 saturated heterocycles.